The molecule has 0 unspecified atom stereocenters. The van der Waals surface area contributed by atoms with E-state index >= 15 is 8.78 Å². The Labute approximate surface area is 449 Å². The molecule has 10 rings (SSSR count). The Morgan fingerprint density at radius 2 is 1.73 bits per heavy atom. The van der Waals surface area contributed by atoms with Gasteiger partial charge in [-0.25, -0.2) is 36.3 Å². The number of ether oxygens (including phenoxy) is 3. The predicted octanol–water partition coefficient (Wildman–Crippen LogP) is 9.10. The summed E-state index contributed by atoms with van der Waals surface area (Å²) in [6.45, 7) is 6.92. The summed E-state index contributed by atoms with van der Waals surface area (Å²) in [6, 6.07) is 17.5. The van der Waals surface area contributed by atoms with Crippen molar-refractivity contribution in [2.45, 2.75) is 100 Å². The molecule has 2 aliphatic carbocycles. The molecule has 23 heteroatoms. The van der Waals surface area contributed by atoms with Crippen LogP contribution in [-0.4, -0.2) is 119 Å². The molecule has 2 aliphatic heterocycles. The van der Waals surface area contributed by atoms with Crippen molar-refractivity contribution in [2.24, 2.45) is 11.3 Å². The van der Waals surface area contributed by atoms with Crippen LogP contribution in [0.5, 0.6) is 23.3 Å². The van der Waals surface area contributed by atoms with Gasteiger partial charge in [0.15, 0.2) is 5.75 Å². The molecule has 2 aromatic carbocycles. The molecule has 4 N–H and O–H groups in total. The smallest absolute Gasteiger partial charge is 0.312 e. The number of sulfonamides is 1. The summed E-state index contributed by atoms with van der Waals surface area (Å²) in [4.78, 5) is 47.3. The number of aromatic nitrogens is 4. The van der Waals surface area contributed by atoms with Crippen molar-refractivity contribution in [1.82, 2.24) is 34.5 Å². The van der Waals surface area contributed by atoms with Gasteiger partial charge in [-0.1, -0.05) is 24.3 Å². The molecule has 0 radical (unpaired) electrons. The van der Waals surface area contributed by atoms with E-state index in [0.717, 1.165) is 63.2 Å². The summed E-state index contributed by atoms with van der Waals surface area (Å²) in [5, 5.41) is 25.6. The average molecular weight is 1100 g/mol. The molecule has 1 atom stereocenters. The Kier molecular flexibility index (Phi) is 15.1. The number of carbonyl (C=O) groups excluding carboxylic acids is 1. The fourth-order valence-electron chi connectivity index (χ4n) is 11.8. The molecule has 6 aromatic rings. The van der Waals surface area contributed by atoms with Crippen LogP contribution in [0, 0.1) is 27.3 Å². The maximum atomic E-state index is 15.3. The lowest BCUT2D eigenvalue weighted by Gasteiger charge is -2.58. The number of nitrogens with zero attached hydrogens (tertiary/aromatic N) is 7. The van der Waals surface area contributed by atoms with Gasteiger partial charge in [-0.2, -0.15) is 4.98 Å². The quantitative estimate of drug-likeness (QED) is 0.0493. The Bertz CT molecular complexity index is 3320. The molecular weight excluding hydrogens is 1030 g/mol. The zero-order valence-corrected chi connectivity index (χ0v) is 44.6. The summed E-state index contributed by atoms with van der Waals surface area (Å²) in [7, 11) is -1.87. The second-order valence-corrected chi connectivity index (χ2v) is 23.3. The van der Waals surface area contributed by atoms with Crippen molar-refractivity contribution in [1.29, 1.82) is 0 Å². The molecular formula is C55H63F3N10O9S. The van der Waals surface area contributed by atoms with Crippen molar-refractivity contribution in [3.05, 3.63) is 124 Å². The molecule has 0 bridgehead atoms. The summed E-state index contributed by atoms with van der Waals surface area (Å²) in [5.41, 5.74) is 0.894. The van der Waals surface area contributed by atoms with E-state index in [1.54, 1.807) is 38.4 Å². The van der Waals surface area contributed by atoms with Gasteiger partial charge < -0.3 is 34.5 Å². The minimum Gasteiger partial charge on any atom is -0.481 e. The average Bonchev–Trinajstić information content (AvgIpc) is 3.87. The van der Waals surface area contributed by atoms with Crippen LogP contribution in [0.15, 0.2) is 90.2 Å². The number of nitro groups is 1. The molecule has 6 heterocycles. The molecule has 4 aromatic heterocycles. The van der Waals surface area contributed by atoms with Crippen molar-refractivity contribution in [2.75, 3.05) is 63.7 Å². The van der Waals surface area contributed by atoms with E-state index in [1.807, 2.05) is 29.0 Å². The number of benzene rings is 2. The second kappa shape index (κ2) is 21.6. The number of piperidine rings is 1. The van der Waals surface area contributed by atoms with Gasteiger partial charge in [0.1, 0.15) is 22.1 Å². The molecule has 19 nitrogen and oxygen atoms in total. The van der Waals surface area contributed by atoms with E-state index < -0.39 is 48.8 Å². The molecule has 4 aliphatic rings. The molecule has 1 amide bonds. The normalized spacial score (nSPS) is 21.3. The van der Waals surface area contributed by atoms with Gasteiger partial charge in [0.2, 0.25) is 11.7 Å². The number of nitrogens with one attached hydrogen (secondary N) is 3. The van der Waals surface area contributed by atoms with E-state index in [1.165, 1.54) is 25.3 Å². The Morgan fingerprint density at radius 1 is 0.974 bits per heavy atom. The number of aromatic amines is 1. The summed E-state index contributed by atoms with van der Waals surface area (Å²) in [5.74, 6) is -4.54. The zero-order chi connectivity index (χ0) is 55.1. The fourth-order valence-corrected chi connectivity index (χ4v) is 12.7. The number of hydrogen-bond acceptors (Lipinski definition) is 16. The molecule has 2 saturated carbocycles. The van der Waals surface area contributed by atoms with Crippen LogP contribution >= 0.6 is 0 Å². The van der Waals surface area contributed by atoms with Gasteiger partial charge in [0, 0.05) is 113 Å². The zero-order valence-electron chi connectivity index (χ0n) is 43.8. The predicted molar refractivity (Wildman–Crippen MR) is 284 cm³/mol. The van der Waals surface area contributed by atoms with E-state index in [2.05, 4.69) is 40.0 Å². The maximum absolute atomic E-state index is 15.3. The first-order chi connectivity index (χ1) is 37.2. The highest BCUT2D eigenvalue weighted by atomic mass is 32.2. The number of halogens is 3. The van der Waals surface area contributed by atoms with Crippen molar-refractivity contribution < 1.29 is 50.6 Å². The van der Waals surface area contributed by atoms with Gasteiger partial charge in [-0.3, -0.25) is 24.7 Å². The minimum absolute atomic E-state index is 0.00392. The third-order valence-corrected chi connectivity index (χ3v) is 17.5. The van der Waals surface area contributed by atoms with Crippen LogP contribution in [0.3, 0.4) is 0 Å². The highest BCUT2D eigenvalue weighted by Gasteiger charge is 2.50. The Hall–Kier alpha value is -7.08. The van der Waals surface area contributed by atoms with Crippen LogP contribution in [0.2, 0.25) is 0 Å². The highest BCUT2D eigenvalue weighted by molar-refractivity contribution is 7.90. The lowest BCUT2D eigenvalue weighted by Crippen LogP contribution is -2.60. The number of anilines is 2. The number of piperazine rings is 1. The summed E-state index contributed by atoms with van der Waals surface area (Å²) < 4.78 is 92.4. The first-order valence-corrected chi connectivity index (χ1v) is 27.6. The van der Waals surface area contributed by atoms with Crippen LogP contribution in [-0.2, 0) is 22.5 Å². The van der Waals surface area contributed by atoms with Crippen molar-refractivity contribution in [3.8, 4) is 23.3 Å². The monoisotopic (exact) mass is 1100 g/mol. The van der Waals surface area contributed by atoms with E-state index in [0.29, 0.717) is 82.1 Å². The number of amides is 1. The first-order valence-electron chi connectivity index (χ1n) is 26.1. The van der Waals surface area contributed by atoms with Gasteiger partial charge >= 0.3 is 5.69 Å². The number of methoxy groups -OCH3 is 2. The van der Waals surface area contributed by atoms with Gasteiger partial charge in [0.05, 0.1) is 41.9 Å². The number of rotatable bonds is 17. The van der Waals surface area contributed by atoms with Crippen LogP contribution in [0.1, 0.15) is 98.3 Å². The molecule has 4 fully saturated rings. The third-order valence-electron chi connectivity index (χ3n) is 16.2. The Morgan fingerprint density at radius 3 is 2.45 bits per heavy atom. The molecule has 1 spiro atoms. The van der Waals surface area contributed by atoms with Crippen LogP contribution in [0.25, 0.3) is 11.0 Å². The largest absolute Gasteiger partial charge is 0.481 e. The lowest BCUT2D eigenvalue weighted by atomic mass is 9.59. The molecule has 414 valence electrons. The summed E-state index contributed by atoms with van der Waals surface area (Å²) in [6.07, 6.45) is 9.70. The maximum Gasteiger partial charge on any atom is 0.312 e. The van der Waals surface area contributed by atoms with Crippen molar-refractivity contribution in [3.63, 3.8) is 0 Å². The summed E-state index contributed by atoms with van der Waals surface area (Å²) >= 11 is 0. The number of pyridine rings is 3. The second-order valence-electron chi connectivity index (χ2n) is 21.6. The number of fused-ring (bicyclic) bond motifs is 1. The Balaban J connectivity index is 0.862. The van der Waals surface area contributed by atoms with E-state index in [-0.39, 0.29) is 68.8 Å². The number of hydrogen-bond donors (Lipinski definition) is 4. The highest BCUT2D eigenvalue weighted by Crippen LogP contribution is 2.54. The van der Waals surface area contributed by atoms with E-state index in [9.17, 15) is 32.8 Å². The lowest BCUT2D eigenvalue weighted by molar-refractivity contribution is -0.384. The topological polar surface area (TPSA) is 231 Å². The molecule has 78 heavy (non-hydrogen) atoms. The van der Waals surface area contributed by atoms with Crippen LogP contribution in [0.4, 0.5) is 30.4 Å². The fraction of sp³-hybridized carbons (Fsp3) is 0.455. The van der Waals surface area contributed by atoms with Gasteiger partial charge in [-0.15, -0.1) is 0 Å². The van der Waals surface area contributed by atoms with Crippen molar-refractivity contribution >= 4 is 44.2 Å². The van der Waals surface area contributed by atoms with Gasteiger partial charge in [-0.05, 0) is 98.9 Å². The number of alkyl halides is 2. The third kappa shape index (κ3) is 11.5. The van der Waals surface area contributed by atoms with Gasteiger partial charge in [0.25, 0.3) is 27.7 Å². The van der Waals surface area contributed by atoms with Crippen LogP contribution < -0.4 is 29.1 Å². The number of carbonyl (C=O) groups is 1. The molecule has 2 saturated heterocycles. The standard InChI is InChI=1S/C55H63F3N10O9S/c1-53(70)14-11-34(12-15-53)29-60-50-44(68(71)72)25-38(30-61-50)78(73,74)64-51(69)40-10-9-36(24-46(40)77-47-26-41-43(56)31-62-49(41)63-52(47)76-4)66-19-16-55(17-20-66)27-37(28-55)67-22-21-65(32-35-13-18-59-48(23-35)75-3)33-45(67)39-7-5-6-8-42(39)54(2,57)58/h5-10,13,18,23-26,30-31,34,37,45,70H,11-12,14-17,19-22,27-29,32-33H2,1-4H3,(H,60,61)(H,62,63)(H,64,69)/t34?,45-,53?/m0/s1. The SMILES string of the molecule is COc1cc(CN2CCN(C3CC4(CCN(c5ccc(C(=O)NS(=O)(=O)c6cnc(NCC7CCC(C)(O)CC7)c([N+](=O)[O-])c6)c(Oc6cc7c(F)c[nH]c7nc6OC)c5)CC4)C3)[C@H](c3ccccc3C(C)(F)F)C2)ccn1. The number of aliphatic hydroxyl groups is 1. The first kappa shape index (κ1) is 54.3. The minimum atomic E-state index is -4.78. The number of H-pyrrole nitrogens is 1. The van der Waals surface area contributed by atoms with E-state index in [4.69, 9.17) is 14.2 Å².